The molecule has 0 unspecified atom stereocenters. The van der Waals surface area contributed by atoms with Crippen LogP contribution in [0.2, 0.25) is 5.02 Å². The molecule has 0 saturated carbocycles. The van der Waals surface area contributed by atoms with Crippen LogP contribution >= 0.6 is 11.6 Å². The summed E-state index contributed by atoms with van der Waals surface area (Å²) in [6.45, 7) is -2.66. The van der Waals surface area contributed by atoms with Crippen molar-refractivity contribution in [3.8, 4) is 5.75 Å². The Morgan fingerprint density at radius 1 is 1.25 bits per heavy atom. The van der Waals surface area contributed by atoms with Crippen molar-refractivity contribution in [1.29, 1.82) is 0 Å². The van der Waals surface area contributed by atoms with Gasteiger partial charge in [0.25, 0.3) is 0 Å². The molecular weight excluding hydrogens is 266 g/mol. The first-order valence-corrected chi connectivity index (χ1v) is 4.53. The zero-order valence-corrected chi connectivity index (χ0v) is 12.6. The van der Waals surface area contributed by atoms with Gasteiger partial charge >= 0.3 is 58.4 Å². The molecule has 0 saturated heterocycles. The SMILES string of the molecule is C=C(COc1ccc(Cl)cc1)[B-](F)(F)F.[K+]. The van der Waals surface area contributed by atoms with Crippen molar-refractivity contribution in [3.05, 3.63) is 41.3 Å². The van der Waals surface area contributed by atoms with Gasteiger partial charge in [-0.25, -0.2) is 0 Å². The van der Waals surface area contributed by atoms with Gasteiger partial charge < -0.3 is 17.7 Å². The Kier molecular flexibility index (Phi) is 7.32. The Morgan fingerprint density at radius 3 is 2.19 bits per heavy atom. The molecule has 0 aliphatic rings. The van der Waals surface area contributed by atoms with Crippen molar-refractivity contribution in [2.75, 3.05) is 6.61 Å². The molecule has 0 aromatic heterocycles. The van der Waals surface area contributed by atoms with E-state index >= 15 is 0 Å². The van der Waals surface area contributed by atoms with Gasteiger partial charge in [-0.3, -0.25) is 0 Å². The van der Waals surface area contributed by atoms with Crippen LogP contribution in [0.15, 0.2) is 36.3 Å². The molecule has 0 atom stereocenters. The van der Waals surface area contributed by atoms with Gasteiger partial charge in [-0.1, -0.05) is 11.6 Å². The predicted molar refractivity (Wildman–Crippen MR) is 55.2 cm³/mol. The maximum Gasteiger partial charge on any atom is 1.00 e. The first-order valence-electron chi connectivity index (χ1n) is 4.15. The fourth-order valence-electron chi connectivity index (χ4n) is 0.801. The molecular formula is C9H8BClF3KO. The van der Waals surface area contributed by atoms with Crippen LogP contribution in [-0.4, -0.2) is 13.6 Å². The standard InChI is InChI=1S/C9H8BClF3O.K/c1-7(10(12,13)14)6-15-9-4-2-8(11)3-5-9;/h2-5H,1,6H2;/q-1;+1. The van der Waals surface area contributed by atoms with Gasteiger partial charge in [0.2, 0.25) is 0 Å². The van der Waals surface area contributed by atoms with Crippen LogP contribution in [0.25, 0.3) is 0 Å². The van der Waals surface area contributed by atoms with Gasteiger partial charge in [-0.2, -0.15) is 0 Å². The van der Waals surface area contributed by atoms with Gasteiger partial charge in [-0.15, -0.1) is 12.1 Å². The fourth-order valence-corrected chi connectivity index (χ4v) is 0.927. The first-order chi connectivity index (χ1) is 6.89. The number of benzene rings is 1. The minimum absolute atomic E-state index is 0. The molecule has 0 bridgehead atoms. The average Bonchev–Trinajstić information content (AvgIpc) is 2.15. The van der Waals surface area contributed by atoms with Gasteiger partial charge in [0.15, 0.2) is 0 Å². The Hall–Kier alpha value is 0.541. The van der Waals surface area contributed by atoms with Crippen LogP contribution in [0, 0.1) is 0 Å². The normalized spacial score (nSPS) is 10.5. The first kappa shape index (κ1) is 16.5. The monoisotopic (exact) mass is 274 g/mol. The molecule has 0 N–H and O–H groups in total. The Bertz CT molecular complexity index is 353. The van der Waals surface area contributed by atoms with Crippen molar-refractivity contribution in [2.45, 2.75) is 0 Å². The summed E-state index contributed by atoms with van der Waals surface area (Å²) in [7, 11) is 0. The third-order valence-corrected chi connectivity index (χ3v) is 1.95. The zero-order chi connectivity index (χ0) is 11.5. The van der Waals surface area contributed by atoms with Crippen molar-refractivity contribution in [3.63, 3.8) is 0 Å². The van der Waals surface area contributed by atoms with Crippen LogP contribution in [0.4, 0.5) is 12.9 Å². The van der Waals surface area contributed by atoms with Gasteiger partial charge in [0.05, 0.1) is 6.61 Å². The van der Waals surface area contributed by atoms with E-state index in [0.29, 0.717) is 10.8 Å². The molecule has 1 aromatic carbocycles. The molecule has 0 radical (unpaired) electrons. The van der Waals surface area contributed by atoms with E-state index in [9.17, 15) is 12.9 Å². The van der Waals surface area contributed by atoms with Crippen molar-refractivity contribution in [1.82, 2.24) is 0 Å². The van der Waals surface area contributed by atoms with E-state index in [1.807, 2.05) is 0 Å². The fraction of sp³-hybridized carbons (Fsp3) is 0.111. The van der Waals surface area contributed by atoms with E-state index in [4.69, 9.17) is 16.3 Å². The van der Waals surface area contributed by atoms with Crippen molar-refractivity contribution < 1.29 is 69.1 Å². The molecule has 82 valence electrons. The maximum absolute atomic E-state index is 12.1. The summed E-state index contributed by atoms with van der Waals surface area (Å²) in [5.41, 5.74) is -0.857. The van der Waals surface area contributed by atoms with E-state index in [0.717, 1.165) is 0 Å². The molecule has 16 heavy (non-hydrogen) atoms. The Labute approximate surface area is 139 Å². The molecule has 0 aliphatic carbocycles. The summed E-state index contributed by atoms with van der Waals surface area (Å²) >= 11 is 5.60. The van der Waals surface area contributed by atoms with Gasteiger partial charge in [0, 0.05) is 5.02 Å². The molecule has 1 aromatic rings. The molecule has 1 rings (SSSR count). The second kappa shape index (κ2) is 7.08. The molecule has 0 aliphatic heterocycles. The molecule has 0 spiro atoms. The molecule has 7 heteroatoms. The zero-order valence-electron chi connectivity index (χ0n) is 8.72. The number of hydrogen-bond acceptors (Lipinski definition) is 1. The number of ether oxygens (including phenoxy) is 1. The van der Waals surface area contributed by atoms with Crippen LogP contribution in [0.1, 0.15) is 0 Å². The van der Waals surface area contributed by atoms with Crippen LogP contribution in [0.5, 0.6) is 5.75 Å². The number of hydrogen-bond donors (Lipinski definition) is 0. The Morgan fingerprint density at radius 2 is 1.75 bits per heavy atom. The van der Waals surface area contributed by atoms with Crippen LogP contribution in [-0.2, 0) is 0 Å². The van der Waals surface area contributed by atoms with E-state index in [2.05, 4.69) is 6.58 Å². The van der Waals surface area contributed by atoms with E-state index < -0.39 is 19.1 Å². The van der Waals surface area contributed by atoms with E-state index in [1.165, 1.54) is 12.1 Å². The second-order valence-electron chi connectivity index (χ2n) is 2.98. The largest absolute Gasteiger partial charge is 1.00 e. The summed E-state index contributed by atoms with van der Waals surface area (Å²) in [5, 5.41) is 0.501. The quantitative estimate of drug-likeness (QED) is 0.733. The number of halogens is 4. The predicted octanol–water partition coefficient (Wildman–Crippen LogP) is 0.666. The topological polar surface area (TPSA) is 9.23 Å². The summed E-state index contributed by atoms with van der Waals surface area (Å²) in [6, 6.07) is 6.08. The summed E-state index contributed by atoms with van der Waals surface area (Å²) in [6.07, 6.45) is 0. The molecule has 0 amide bonds. The summed E-state index contributed by atoms with van der Waals surface area (Å²) in [4.78, 5) is 0. The Balaban J connectivity index is 0.00000225. The summed E-state index contributed by atoms with van der Waals surface area (Å²) < 4.78 is 41.1. The maximum atomic E-state index is 12.1. The van der Waals surface area contributed by atoms with E-state index in [-0.39, 0.29) is 51.4 Å². The van der Waals surface area contributed by atoms with Crippen LogP contribution in [0.3, 0.4) is 0 Å². The van der Waals surface area contributed by atoms with E-state index in [1.54, 1.807) is 12.1 Å². The van der Waals surface area contributed by atoms with Crippen LogP contribution < -0.4 is 56.1 Å². The number of rotatable bonds is 4. The van der Waals surface area contributed by atoms with Crippen molar-refractivity contribution in [2.24, 2.45) is 0 Å². The molecule has 0 fully saturated rings. The molecule has 0 heterocycles. The van der Waals surface area contributed by atoms with Crippen molar-refractivity contribution >= 4 is 18.6 Å². The smallest absolute Gasteiger partial charge is 0.492 e. The minimum Gasteiger partial charge on any atom is -0.492 e. The van der Waals surface area contributed by atoms with Gasteiger partial charge in [0.1, 0.15) is 5.75 Å². The minimum atomic E-state index is -5.02. The third-order valence-electron chi connectivity index (χ3n) is 1.70. The summed E-state index contributed by atoms with van der Waals surface area (Å²) in [5.74, 6) is 0.334. The third kappa shape index (κ3) is 5.75. The molecule has 1 nitrogen and oxygen atoms in total. The average molecular weight is 275 g/mol. The second-order valence-corrected chi connectivity index (χ2v) is 3.41. The van der Waals surface area contributed by atoms with Gasteiger partial charge in [-0.05, 0) is 24.3 Å².